The Kier molecular flexibility index (Phi) is 3.94. The van der Waals surface area contributed by atoms with Crippen molar-refractivity contribution in [3.05, 3.63) is 40.3 Å². The number of pyridine rings is 2. The zero-order valence-electron chi connectivity index (χ0n) is 11.0. The first kappa shape index (κ1) is 13.3. The van der Waals surface area contributed by atoms with Crippen molar-refractivity contribution >= 4 is 17.0 Å². The van der Waals surface area contributed by atoms with Crippen LogP contribution in [0.2, 0.25) is 0 Å². The molecule has 5 heteroatoms. The highest BCUT2D eigenvalue weighted by atomic mass is 16.5. The first-order chi connectivity index (χ1) is 9.09. The third kappa shape index (κ3) is 2.99. The Morgan fingerprint density at radius 2 is 2.26 bits per heavy atom. The van der Waals surface area contributed by atoms with E-state index in [-0.39, 0.29) is 11.5 Å². The first-order valence-corrected chi connectivity index (χ1v) is 6.18. The van der Waals surface area contributed by atoms with Gasteiger partial charge in [-0.3, -0.25) is 14.2 Å². The van der Waals surface area contributed by atoms with Crippen LogP contribution in [0.5, 0.6) is 0 Å². The summed E-state index contributed by atoms with van der Waals surface area (Å²) in [6.45, 7) is 3.96. The summed E-state index contributed by atoms with van der Waals surface area (Å²) >= 11 is 0. The molecular weight excluding hydrogens is 244 g/mol. The molecule has 0 bridgehead atoms. The Labute approximate surface area is 110 Å². The highest BCUT2D eigenvalue weighted by Crippen LogP contribution is 2.10. The summed E-state index contributed by atoms with van der Waals surface area (Å²) < 4.78 is 6.50. The van der Waals surface area contributed by atoms with Gasteiger partial charge in [0, 0.05) is 30.6 Å². The van der Waals surface area contributed by atoms with E-state index in [4.69, 9.17) is 4.74 Å². The maximum absolute atomic E-state index is 12.1. The number of aromatic nitrogens is 2. The highest BCUT2D eigenvalue weighted by molar-refractivity contribution is 5.75. The molecule has 0 N–H and O–H groups in total. The van der Waals surface area contributed by atoms with E-state index >= 15 is 0 Å². The zero-order valence-corrected chi connectivity index (χ0v) is 11.0. The van der Waals surface area contributed by atoms with E-state index in [1.807, 2.05) is 18.2 Å². The molecule has 0 saturated carbocycles. The van der Waals surface area contributed by atoms with Gasteiger partial charge in [0.15, 0.2) is 0 Å². The Balaban J connectivity index is 2.28. The maximum atomic E-state index is 12.1. The first-order valence-electron chi connectivity index (χ1n) is 6.18. The number of rotatable bonds is 4. The third-order valence-corrected chi connectivity index (χ3v) is 2.86. The van der Waals surface area contributed by atoms with Crippen molar-refractivity contribution in [2.75, 3.05) is 6.61 Å². The quantitative estimate of drug-likeness (QED) is 0.619. The smallest absolute Gasteiger partial charge is 0.302 e. The number of esters is 1. The van der Waals surface area contributed by atoms with Crippen LogP contribution in [-0.4, -0.2) is 22.1 Å². The molecule has 0 atom stereocenters. The molecule has 2 heterocycles. The Bertz CT molecular complexity index is 661. The normalized spacial score (nSPS) is 10.6. The van der Waals surface area contributed by atoms with Crippen LogP contribution in [0.25, 0.3) is 11.0 Å². The van der Waals surface area contributed by atoms with E-state index in [1.165, 1.54) is 6.92 Å². The standard InChI is InChI=1S/C14H16N2O3/c1-10-9-12-5-3-6-15-13(12)16(14(10)18)7-4-8-19-11(2)17/h3,5-6,9H,4,7-8H2,1-2H3. The van der Waals surface area contributed by atoms with Gasteiger partial charge in [0.05, 0.1) is 6.61 Å². The average Bonchev–Trinajstić information content (AvgIpc) is 2.38. The van der Waals surface area contributed by atoms with Gasteiger partial charge in [0.2, 0.25) is 0 Å². The summed E-state index contributed by atoms with van der Waals surface area (Å²) in [6.07, 6.45) is 2.26. The summed E-state index contributed by atoms with van der Waals surface area (Å²) in [6, 6.07) is 5.61. The molecule has 0 amide bonds. The van der Waals surface area contributed by atoms with Gasteiger partial charge in [-0.25, -0.2) is 4.98 Å². The van der Waals surface area contributed by atoms with E-state index in [1.54, 1.807) is 17.7 Å². The van der Waals surface area contributed by atoms with E-state index in [2.05, 4.69) is 4.98 Å². The summed E-state index contributed by atoms with van der Waals surface area (Å²) in [7, 11) is 0. The van der Waals surface area contributed by atoms with E-state index in [0.717, 1.165) is 5.39 Å². The van der Waals surface area contributed by atoms with Crippen LogP contribution >= 0.6 is 0 Å². The number of carbonyl (C=O) groups is 1. The molecule has 0 saturated heterocycles. The summed E-state index contributed by atoms with van der Waals surface area (Å²) in [5.41, 5.74) is 1.31. The summed E-state index contributed by atoms with van der Waals surface area (Å²) in [5, 5.41) is 0.937. The number of hydrogen-bond donors (Lipinski definition) is 0. The van der Waals surface area contributed by atoms with Gasteiger partial charge in [0.25, 0.3) is 5.56 Å². The second-order valence-corrected chi connectivity index (χ2v) is 4.39. The van der Waals surface area contributed by atoms with E-state index < -0.39 is 0 Å². The zero-order chi connectivity index (χ0) is 13.8. The molecule has 0 spiro atoms. The van der Waals surface area contributed by atoms with E-state index in [0.29, 0.717) is 30.8 Å². The Morgan fingerprint density at radius 1 is 1.47 bits per heavy atom. The largest absolute Gasteiger partial charge is 0.466 e. The molecule has 2 aromatic rings. The van der Waals surface area contributed by atoms with Crippen LogP contribution in [0.1, 0.15) is 18.9 Å². The van der Waals surface area contributed by atoms with Crippen LogP contribution in [0.3, 0.4) is 0 Å². The monoisotopic (exact) mass is 260 g/mol. The SMILES string of the molecule is CC(=O)OCCCn1c(=O)c(C)cc2cccnc21. The summed E-state index contributed by atoms with van der Waals surface area (Å²) in [5.74, 6) is -0.306. The van der Waals surface area contributed by atoms with Gasteiger partial charge in [-0.1, -0.05) is 0 Å². The number of fused-ring (bicyclic) bond motifs is 1. The van der Waals surface area contributed by atoms with Gasteiger partial charge in [-0.05, 0) is 31.5 Å². The second kappa shape index (κ2) is 5.65. The number of hydrogen-bond acceptors (Lipinski definition) is 4. The highest BCUT2D eigenvalue weighted by Gasteiger charge is 2.07. The molecule has 5 nitrogen and oxygen atoms in total. The van der Waals surface area contributed by atoms with Gasteiger partial charge < -0.3 is 4.74 Å². The van der Waals surface area contributed by atoms with Crippen molar-refractivity contribution < 1.29 is 9.53 Å². The fourth-order valence-corrected chi connectivity index (χ4v) is 2.00. The molecule has 0 aliphatic rings. The number of ether oxygens (including phenoxy) is 1. The minimum Gasteiger partial charge on any atom is -0.466 e. The molecule has 2 aromatic heterocycles. The topological polar surface area (TPSA) is 61.2 Å². The van der Waals surface area contributed by atoms with Crippen molar-refractivity contribution in [1.29, 1.82) is 0 Å². The minimum atomic E-state index is -0.306. The molecule has 0 aliphatic heterocycles. The minimum absolute atomic E-state index is 0.0472. The lowest BCUT2D eigenvalue weighted by Gasteiger charge is -2.10. The third-order valence-electron chi connectivity index (χ3n) is 2.86. The van der Waals surface area contributed by atoms with Crippen LogP contribution in [0.4, 0.5) is 0 Å². The predicted molar refractivity (Wildman–Crippen MR) is 72.0 cm³/mol. The average molecular weight is 260 g/mol. The van der Waals surface area contributed by atoms with E-state index in [9.17, 15) is 9.59 Å². The van der Waals surface area contributed by atoms with Crippen LogP contribution in [0.15, 0.2) is 29.2 Å². The Hall–Kier alpha value is -2.17. The molecule has 2 rings (SSSR count). The molecule has 0 aliphatic carbocycles. The van der Waals surface area contributed by atoms with Crippen molar-refractivity contribution in [2.45, 2.75) is 26.8 Å². The molecule has 0 aromatic carbocycles. The molecule has 0 unspecified atom stereocenters. The lowest BCUT2D eigenvalue weighted by Crippen LogP contribution is -2.24. The van der Waals surface area contributed by atoms with Gasteiger partial charge in [-0.2, -0.15) is 0 Å². The van der Waals surface area contributed by atoms with Crippen LogP contribution in [0, 0.1) is 6.92 Å². The Morgan fingerprint density at radius 3 is 3.00 bits per heavy atom. The molecule has 19 heavy (non-hydrogen) atoms. The lowest BCUT2D eigenvalue weighted by atomic mass is 10.2. The van der Waals surface area contributed by atoms with Crippen LogP contribution in [-0.2, 0) is 16.1 Å². The van der Waals surface area contributed by atoms with Crippen molar-refractivity contribution in [1.82, 2.24) is 9.55 Å². The number of carbonyl (C=O) groups excluding carboxylic acids is 1. The summed E-state index contributed by atoms with van der Waals surface area (Å²) in [4.78, 5) is 27.1. The molecular formula is C14H16N2O3. The van der Waals surface area contributed by atoms with Crippen LogP contribution < -0.4 is 5.56 Å². The van der Waals surface area contributed by atoms with Crippen molar-refractivity contribution in [2.24, 2.45) is 0 Å². The van der Waals surface area contributed by atoms with Crippen molar-refractivity contribution in [3.8, 4) is 0 Å². The second-order valence-electron chi connectivity index (χ2n) is 4.39. The van der Waals surface area contributed by atoms with Gasteiger partial charge >= 0.3 is 5.97 Å². The number of nitrogens with zero attached hydrogens (tertiary/aromatic N) is 2. The molecule has 0 fully saturated rings. The maximum Gasteiger partial charge on any atom is 0.302 e. The van der Waals surface area contributed by atoms with Gasteiger partial charge in [0.1, 0.15) is 5.65 Å². The number of aryl methyl sites for hydroxylation is 2. The molecule has 100 valence electrons. The lowest BCUT2D eigenvalue weighted by molar-refractivity contribution is -0.141. The fourth-order valence-electron chi connectivity index (χ4n) is 2.00. The predicted octanol–water partition coefficient (Wildman–Crippen LogP) is 1.66. The molecule has 0 radical (unpaired) electrons. The van der Waals surface area contributed by atoms with Gasteiger partial charge in [-0.15, -0.1) is 0 Å². The van der Waals surface area contributed by atoms with Crippen molar-refractivity contribution in [3.63, 3.8) is 0 Å². The fraction of sp³-hybridized carbons (Fsp3) is 0.357.